The zero-order chi connectivity index (χ0) is 12.1. The van der Waals surface area contributed by atoms with Gasteiger partial charge in [-0.15, -0.1) is 0 Å². The van der Waals surface area contributed by atoms with Crippen LogP contribution in [0.2, 0.25) is 0 Å². The largest absolute Gasteiger partial charge is 0.398 e. The molecule has 0 fully saturated rings. The highest BCUT2D eigenvalue weighted by Gasteiger charge is 1.98. The number of hydrogen-bond donors (Lipinski definition) is 2. The summed E-state index contributed by atoms with van der Waals surface area (Å²) in [6, 6.07) is 5.89. The zero-order valence-corrected chi connectivity index (χ0v) is 9.85. The summed E-state index contributed by atoms with van der Waals surface area (Å²) in [6.45, 7) is 2.78. The summed E-state index contributed by atoms with van der Waals surface area (Å²) in [5.74, 6) is 0.821. The molecule has 0 bridgehead atoms. The fourth-order valence-corrected chi connectivity index (χ4v) is 1.52. The third kappa shape index (κ3) is 3.17. The SMILES string of the molecule is Cc1cnc(NCCc2ccncc2)cc1N. The zero-order valence-electron chi connectivity index (χ0n) is 9.85. The number of hydrogen-bond acceptors (Lipinski definition) is 4. The molecule has 0 aromatic carbocycles. The number of nitrogen functional groups attached to an aromatic ring is 1. The maximum absolute atomic E-state index is 5.82. The number of aromatic nitrogens is 2. The van der Waals surface area contributed by atoms with Gasteiger partial charge in [-0.05, 0) is 36.6 Å². The summed E-state index contributed by atoms with van der Waals surface area (Å²) >= 11 is 0. The van der Waals surface area contributed by atoms with E-state index in [1.54, 1.807) is 18.6 Å². The smallest absolute Gasteiger partial charge is 0.127 e. The predicted molar refractivity (Wildman–Crippen MR) is 69.8 cm³/mol. The number of nitrogens with two attached hydrogens (primary N) is 1. The first kappa shape index (κ1) is 11.4. The van der Waals surface area contributed by atoms with Crippen molar-refractivity contribution in [1.29, 1.82) is 0 Å². The predicted octanol–water partition coefficient (Wildman–Crippen LogP) is 2.02. The summed E-state index contributed by atoms with van der Waals surface area (Å²) in [4.78, 5) is 8.25. The Morgan fingerprint density at radius 2 is 2.06 bits per heavy atom. The van der Waals surface area contributed by atoms with Crippen LogP contribution in [0.5, 0.6) is 0 Å². The van der Waals surface area contributed by atoms with E-state index in [9.17, 15) is 0 Å². The second-order valence-corrected chi connectivity index (χ2v) is 3.96. The molecule has 17 heavy (non-hydrogen) atoms. The van der Waals surface area contributed by atoms with Crippen LogP contribution in [0.3, 0.4) is 0 Å². The van der Waals surface area contributed by atoms with Crippen molar-refractivity contribution in [1.82, 2.24) is 9.97 Å². The second kappa shape index (κ2) is 5.30. The maximum atomic E-state index is 5.82. The van der Waals surface area contributed by atoms with Crippen LogP contribution in [0.15, 0.2) is 36.8 Å². The quantitative estimate of drug-likeness (QED) is 0.840. The van der Waals surface area contributed by atoms with Crippen LogP contribution in [0.1, 0.15) is 11.1 Å². The molecule has 4 heteroatoms. The third-order valence-corrected chi connectivity index (χ3v) is 2.61. The third-order valence-electron chi connectivity index (χ3n) is 2.61. The summed E-state index contributed by atoms with van der Waals surface area (Å²) in [5.41, 5.74) is 8.85. The fourth-order valence-electron chi connectivity index (χ4n) is 1.52. The molecule has 0 saturated heterocycles. The standard InChI is InChI=1S/C13H16N4/c1-10-9-17-13(8-12(10)14)16-7-4-11-2-5-15-6-3-11/h2-3,5-6,8-9H,4,7H2,1H3,(H3,14,16,17). The van der Waals surface area contributed by atoms with Crippen molar-refractivity contribution in [3.63, 3.8) is 0 Å². The van der Waals surface area contributed by atoms with Gasteiger partial charge >= 0.3 is 0 Å². The average Bonchev–Trinajstić information content (AvgIpc) is 2.35. The van der Waals surface area contributed by atoms with Crippen molar-refractivity contribution in [2.75, 3.05) is 17.6 Å². The molecule has 2 aromatic rings. The molecule has 2 rings (SSSR count). The number of rotatable bonds is 4. The summed E-state index contributed by atoms with van der Waals surface area (Å²) in [7, 11) is 0. The van der Waals surface area contributed by atoms with E-state index in [1.165, 1.54) is 5.56 Å². The van der Waals surface area contributed by atoms with Crippen LogP contribution >= 0.6 is 0 Å². The number of aryl methyl sites for hydroxylation is 1. The van der Waals surface area contributed by atoms with Crippen molar-refractivity contribution < 1.29 is 0 Å². The lowest BCUT2D eigenvalue weighted by Crippen LogP contribution is -2.07. The Kier molecular flexibility index (Phi) is 3.55. The number of anilines is 2. The van der Waals surface area contributed by atoms with Gasteiger partial charge in [0.15, 0.2) is 0 Å². The van der Waals surface area contributed by atoms with Crippen LogP contribution in [0, 0.1) is 6.92 Å². The molecule has 4 nitrogen and oxygen atoms in total. The lowest BCUT2D eigenvalue weighted by molar-refractivity contribution is 0.999. The molecular formula is C13H16N4. The van der Waals surface area contributed by atoms with Crippen LogP contribution in [-0.4, -0.2) is 16.5 Å². The molecule has 2 aromatic heterocycles. The highest BCUT2D eigenvalue weighted by atomic mass is 15.0. The molecule has 0 amide bonds. The van der Waals surface area contributed by atoms with E-state index >= 15 is 0 Å². The first-order valence-corrected chi connectivity index (χ1v) is 5.60. The molecule has 0 saturated carbocycles. The van der Waals surface area contributed by atoms with Crippen LogP contribution in [-0.2, 0) is 6.42 Å². The second-order valence-electron chi connectivity index (χ2n) is 3.96. The van der Waals surface area contributed by atoms with Crippen molar-refractivity contribution >= 4 is 11.5 Å². The topological polar surface area (TPSA) is 63.8 Å². The van der Waals surface area contributed by atoms with Crippen molar-refractivity contribution in [2.24, 2.45) is 0 Å². The minimum atomic E-state index is 0.770. The van der Waals surface area contributed by atoms with Gasteiger partial charge in [-0.3, -0.25) is 4.98 Å². The normalized spacial score (nSPS) is 10.2. The molecule has 0 spiro atoms. The molecule has 0 aliphatic carbocycles. The van der Waals surface area contributed by atoms with Gasteiger partial charge in [0.1, 0.15) is 5.82 Å². The lowest BCUT2D eigenvalue weighted by atomic mass is 10.2. The fraction of sp³-hybridized carbons (Fsp3) is 0.231. The Morgan fingerprint density at radius 1 is 1.29 bits per heavy atom. The molecule has 0 unspecified atom stereocenters. The summed E-state index contributed by atoms with van der Waals surface area (Å²) in [6.07, 6.45) is 6.33. The van der Waals surface area contributed by atoms with Gasteiger partial charge in [-0.2, -0.15) is 0 Å². The van der Waals surface area contributed by atoms with Gasteiger partial charge in [0, 0.05) is 36.9 Å². The minimum Gasteiger partial charge on any atom is -0.398 e. The average molecular weight is 228 g/mol. The Labute approximate surface area is 101 Å². The van der Waals surface area contributed by atoms with E-state index in [0.29, 0.717) is 0 Å². The highest BCUT2D eigenvalue weighted by molar-refractivity contribution is 5.53. The van der Waals surface area contributed by atoms with Gasteiger partial charge in [0.05, 0.1) is 0 Å². The van der Waals surface area contributed by atoms with E-state index in [-0.39, 0.29) is 0 Å². The van der Waals surface area contributed by atoms with E-state index in [4.69, 9.17) is 5.73 Å². The molecule has 0 atom stereocenters. The first-order valence-electron chi connectivity index (χ1n) is 5.60. The number of pyridine rings is 2. The van der Waals surface area contributed by atoms with Gasteiger partial charge in [-0.1, -0.05) is 0 Å². The molecule has 0 radical (unpaired) electrons. The van der Waals surface area contributed by atoms with Crippen LogP contribution in [0.25, 0.3) is 0 Å². The van der Waals surface area contributed by atoms with E-state index in [2.05, 4.69) is 15.3 Å². The van der Waals surface area contributed by atoms with Crippen molar-refractivity contribution in [2.45, 2.75) is 13.3 Å². The van der Waals surface area contributed by atoms with Gasteiger partial charge < -0.3 is 11.1 Å². The Balaban J connectivity index is 1.88. The number of nitrogens with zero attached hydrogens (tertiary/aromatic N) is 2. The Bertz CT molecular complexity index is 482. The Morgan fingerprint density at radius 3 is 2.76 bits per heavy atom. The van der Waals surface area contributed by atoms with E-state index in [0.717, 1.165) is 30.0 Å². The summed E-state index contributed by atoms with van der Waals surface area (Å²) in [5, 5.41) is 3.25. The van der Waals surface area contributed by atoms with Crippen LogP contribution in [0.4, 0.5) is 11.5 Å². The molecule has 2 heterocycles. The van der Waals surface area contributed by atoms with Gasteiger partial charge in [0.25, 0.3) is 0 Å². The minimum absolute atomic E-state index is 0.770. The van der Waals surface area contributed by atoms with E-state index < -0.39 is 0 Å². The maximum Gasteiger partial charge on any atom is 0.127 e. The molecule has 0 aliphatic heterocycles. The molecule has 0 aliphatic rings. The number of nitrogens with one attached hydrogen (secondary N) is 1. The molecule has 88 valence electrons. The summed E-state index contributed by atoms with van der Waals surface area (Å²) < 4.78 is 0. The van der Waals surface area contributed by atoms with Gasteiger partial charge in [-0.25, -0.2) is 4.98 Å². The van der Waals surface area contributed by atoms with Crippen molar-refractivity contribution in [3.8, 4) is 0 Å². The molecule has 3 N–H and O–H groups in total. The monoisotopic (exact) mass is 228 g/mol. The molecular weight excluding hydrogens is 212 g/mol. The van der Waals surface area contributed by atoms with Crippen LogP contribution < -0.4 is 11.1 Å². The van der Waals surface area contributed by atoms with E-state index in [1.807, 2.05) is 25.1 Å². The van der Waals surface area contributed by atoms with Crippen molar-refractivity contribution in [3.05, 3.63) is 47.9 Å². The van der Waals surface area contributed by atoms with Gasteiger partial charge in [0.2, 0.25) is 0 Å². The first-order chi connectivity index (χ1) is 8.25. The lowest BCUT2D eigenvalue weighted by Gasteiger charge is -2.07. The Hall–Kier alpha value is -2.10. The highest BCUT2D eigenvalue weighted by Crippen LogP contribution is 2.13.